The molecule has 176 valence electrons. The van der Waals surface area contributed by atoms with Crippen LogP contribution in [0.4, 0.5) is 0 Å². The Morgan fingerprint density at radius 2 is 1.06 bits per heavy atom. The molecule has 1 atom stereocenters. The van der Waals surface area contributed by atoms with Crippen LogP contribution in [0.5, 0.6) is 0 Å². The van der Waals surface area contributed by atoms with Crippen LogP contribution in [0.1, 0.15) is 140 Å². The Morgan fingerprint density at radius 1 is 0.562 bits per heavy atom. The van der Waals surface area contributed by atoms with E-state index < -0.39 is 0 Å². The molecule has 0 aromatic heterocycles. The van der Waals surface area contributed by atoms with Crippen molar-refractivity contribution in [1.82, 2.24) is 0 Å². The van der Waals surface area contributed by atoms with Crippen LogP contribution in [-0.4, -0.2) is 0 Å². The Bertz CT molecular complexity index is 778. The van der Waals surface area contributed by atoms with E-state index in [2.05, 4.69) is 55.5 Å². The van der Waals surface area contributed by atoms with Crippen molar-refractivity contribution >= 4 is 16.8 Å². The summed E-state index contributed by atoms with van der Waals surface area (Å²) in [4.78, 5) is 0. The van der Waals surface area contributed by atoms with Crippen molar-refractivity contribution in [2.75, 3.05) is 0 Å². The Balaban J connectivity index is 1.14. The van der Waals surface area contributed by atoms with Crippen molar-refractivity contribution in [2.24, 2.45) is 0 Å². The van der Waals surface area contributed by atoms with Gasteiger partial charge in [-0.15, -0.1) is 0 Å². The molecule has 0 radical (unpaired) electrons. The van der Waals surface area contributed by atoms with Crippen molar-refractivity contribution in [3.8, 4) is 0 Å². The Morgan fingerprint density at radius 3 is 1.62 bits per heavy atom. The number of allylic oxidation sites excluding steroid dienone is 1. The van der Waals surface area contributed by atoms with E-state index in [1.165, 1.54) is 132 Å². The predicted octanol–water partition coefficient (Wildman–Crippen LogP) is 11.0. The highest BCUT2D eigenvalue weighted by Gasteiger charge is 2.16. The first-order chi connectivity index (χ1) is 15.9. The average molecular weight is 433 g/mol. The van der Waals surface area contributed by atoms with E-state index in [0.717, 1.165) is 0 Å². The van der Waals surface area contributed by atoms with Crippen LogP contribution in [-0.2, 0) is 0 Å². The largest absolute Gasteiger partial charge is 0.0764 e. The average Bonchev–Trinajstić information content (AvgIpc) is 2.82. The fraction of sp³-hybridized carbons (Fsp3) is 0.625. The number of unbranched alkanes of at least 4 members (excludes halogenated alkanes) is 16. The zero-order valence-corrected chi connectivity index (χ0v) is 20.9. The first-order valence-corrected chi connectivity index (χ1v) is 14.1. The van der Waals surface area contributed by atoms with Crippen LogP contribution in [0.25, 0.3) is 16.8 Å². The van der Waals surface area contributed by atoms with Crippen LogP contribution in [0.2, 0.25) is 0 Å². The Hall–Kier alpha value is -1.56. The topological polar surface area (TPSA) is 0 Å². The summed E-state index contributed by atoms with van der Waals surface area (Å²) < 4.78 is 0. The van der Waals surface area contributed by atoms with Gasteiger partial charge in [-0.05, 0) is 28.3 Å². The summed E-state index contributed by atoms with van der Waals surface area (Å²) >= 11 is 0. The summed E-state index contributed by atoms with van der Waals surface area (Å²) in [6, 6.07) is 13.6. The molecule has 0 N–H and O–H groups in total. The molecule has 0 fully saturated rings. The maximum absolute atomic E-state index is 2.45. The SMILES string of the molecule is CCCCCCCCCCCCCCCCCCCC1C=Cc2cccc3cccc1c23. The molecule has 3 rings (SSSR count). The van der Waals surface area contributed by atoms with E-state index in [1.54, 1.807) is 5.56 Å². The third kappa shape index (κ3) is 8.42. The summed E-state index contributed by atoms with van der Waals surface area (Å²) in [5.74, 6) is 0.616. The van der Waals surface area contributed by atoms with Gasteiger partial charge < -0.3 is 0 Å². The van der Waals surface area contributed by atoms with Crippen molar-refractivity contribution in [1.29, 1.82) is 0 Å². The summed E-state index contributed by atoms with van der Waals surface area (Å²) in [6.07, 6.45) is 30.7. The summed E-state index contributed by atoms with van der Waals surface area (Å²) in [5.41, 5.74) is 2.95. The van der Waals surface area contributed by atoms with E-state index in [-0.39, 0.29) is 0 Å². The molecular formula is C32H48. The molecule has 2 aromatic rings. The van der Waals surface area contributed by atoms with Crippen LogP contribution < -0.4 is 0 Å². The first kappa shape index (κ1) is 25.1. The molecular weight excluding hydrogens is 384 g/mol. The molecule has 0 spiro atoms. The summed E-state index contributed by atoms with van der Waals surface area (Å²) in [5, 5.41) is 2.89. The van der Waals surface area contributed by atoms with Gasteiger partial charge in [0, 0.05) is 5.92 Å². The second-order valence-electron chi connectivity index (χ2n) is 10.2. The van der Waals surface area contributed by atoms with Crippen LogP contribution in [0.15, 0.2) is 42.5 Å². The standard InChI is InChI=1S/C32H48/c1-2-3-4-5-6-7-8-9-10-11-12-13-14-15-16-17-18-21-28-26-27-30-23-19-22-29-24-20-25-31(28)32(29)30/h19-20,22-28H,2-18,21H2,1H3. The monoisotopic (exact) mass is 432 g/mol. The second kappa shape index (κ2) is 15.3. The number of hydrogen-bond donors (Lipinski definition) is 0. The summed E-state index contributed by atoms with van der Waals surface area (Å²) in [7, 11) is 0. The zero-order chi connectivity index (χ0) is 22.3. The van der Waals surface area contributed by atoms with Gasteiger partial charge in [-0.1, -0.05) is 165 Å². The van der Waals surface area contributed by atoms with Gasteiger partial charge in [0.25, 0.3) is 0 Å². The molecule has 32 heavy (non-hydrogen) atoms. The van der Waals surface area contributed by atoms with Gasteiger partial charge in [0.15, 0.2) is 0 Å². The minimum atomic E-state index is 0.616. The molecule has 1 unspecified atom stereocenters. The highest BCUT2D eigenvalue weighted by Crippen LogP contribution is 2.37. The maximum Gasteiger partial charge on any atom is 0.00276 e. The van der Waals surface area contributed by atoms with Gasteiger partial charge in [0.1, 0.15) is 0 Å². The van der Waals surface area contributed by atoms with Gasteiger partial charge >= 0.3 is 0 Å². The minimum Gasteiger partial charge on any atom is -0.0764 e. The lowest BCUT2D eigenvalue weighted by molar-refractivity contribution is 0.523. The van der Waals surface area contributed by atoms with E-state index >= 15 is 0 Å². The minimum absolute atomic E-state index is 0.616. The van der Waals surface area contributed by atoms with E-state index in [9.17, 15) is 0 Å². The quantitative estimate of drug-likeness (QED) is 0.205. The molecule has 0 aliphatic heterocycles. The van der Waals surface area contributed by atoms with Crippen molar-refractivity contribution in [2.45, 2.75) is 128 Å². The third-order valence-electron chi connectivity index (χ3n) is 7.50. The molecule has 0 bridgehead atoms. The van der Waals surface area contributed by atoms with Gasteiger partial charge in [0.2, 0.25) is 0 Å². The normalized spacial score (nSPS) is 15.0. The third-order valence-corrected chi connectivity index (χ3v) is 7.50. The van der Waals surface area contributed by atoms with E-state index in [1.807, 2.05) is 0 Å². The smallest absolute Gasteiger partial charge is 0.00276 e. The van der Waals surface area contributed by atoms with Crippen molar-refractivity contribution in [3.05, 3.63) is 53.6 Å². The molecule has 0 saturated carbocycles. The summed E-state index contributed by atoms with van der Waals surface area (Å²) in [6.45, 7) is 2.30. The van der Waals surface area contributed by atoms with Gasteiger partial charge in [-0.25, -0.2) is 0 Å². The predicted molar refractivity (Wildman–Crippen MR) is 145 cm³/mol. The highest BCUT2D eigenvalue weighted by molar-refractivity contribution is 5.95. The lowest BCUT2D eigenvalue weighted by atomic mass is 9.83. The molecule has 0 heteroatoms. The fourth-order valence-electron chi connectivity index (χ4n) is 5.51. The molecule has 0 nitrogen and oxygen atoms in total. The lowest BCUT2D eigenvalue weighted by Gasteiger charge is -2.21. The number of rotatable bonds is 18. The molecule has 0 amide bonds. The molecule has 1 aliphatic rings. The lowest BCUT2D eigenvalue weighted by Crippen LogP contribution is -2.01. The van der Waals surface area contributed by atoms with Crippen molar-refractivity contribution in [3.63, 3.8) is 0 Å². The van der Waals surface area contributed by atoms with Gasteiger partial charge in [-0.2, -0.15) is 0 Å². The molecule has 2 aromatic carbocycles. The Kier molecular flexibility index (Phi) is 12.0. The van der Waals surface area contributed by atoms with Crippen LogP contribution in [0.3, 0.4) is 0 Å². The van der Waals surface area contributed by atoms with Crippen molar-refractivity contribution < 1.29 is 0 Å². The molecule has 0 saturated heterocycles. The molecule has 0 heterocycles. The zero-order valence-electron chi connectivity index (χ0n) is 20.9. The fourth-order valence-corrected chi connectivity index (χ4v) is 5.51. The van der Waals surface area contributed by atoms with Crippen LogP contribution >= 0.6 is 0 Å². The van der Waals surface area contributed by atoms with Crippen LogP contribution in [0, 0.1) is 0 Å². The number of hydrogen-bond acceptors (Lipinski definition) is 0. The van der Waals surface area contributed by atoms with Gasteiger partial charge in [0.05, 0.1) is 0 Å². The Labute approximate surface area is 198 Å². The highest BCUT2D eigenvalue weighted by atomic mass is 14.2. The number of benzene rings is 2. The van der Waals surface area contributed by atoms with Gasteiger partial charge in [-0.3, -0.25) is 0 Å². The second-order valence-corrected chi connectivity index (χ2v) is 10.2. The van der Waals surface area contributed by atoms with E-state index in [0.29, 0.717) is 5.92 Å². The van der Waals surface area contributed by atoms with E-state index in [4.69, 9.17) is 0 Å². The molecule has 1 aliphatic carbocycles. The first-order valence-electron chi connectivity index (χ1n) is 14.1. The maximum atomic E-state index is 2.45.